The van der Waals surface area contributed by atoms with Crippen molar-refractivity contribution in [1.29, 1.82) is 0 Å². The van der Waals surface area contributed by atoms with E-state index in [1.54, 1.807) is 0 Å². The van der Waals surface area contributed by atoms with Gasteiger partial charge in [0.05, 0.1) is 5.60 Å². The summed E-state index contributed by atoms with van der Waals surface area (Å²) in [6, 6.07) is 6.65. The first-order chi connectivity index (χ1) is 8.85. The van der Waals surface area contributed by atoms with Crippen LogP contribution in [0.1, 0.15) is 25.0 Å². The number of piperazine rings is 1. The summed E-state index contributed by atoms with van der Waals surface area (Å²) in [5, 5.41) is 9.88. The Kier molecular flexibility index (Phi) is 4.16. The van der Waals surface area contributed by atoms with E-state index in [1.807, 2.05) is 13.8 Å². The third-order valence-corrected chi connectivity index (χ3v) is 3.69. The van der Waals surface area contributed by atoms with E-state index in [0.29, 0.717) is 0 Å². The molecule has 1 aliphatic rings. The van der Waals surface area contributed by atoms with Crippen LogP contribution in [0.25, 0.3) is 0 Å². The van der Waals surface area contributed by atoms with Gasteiger partial charge in [-0.25, -0.2) is 0 Å². The third-order valence-electron chi connectivity index (χ3n) is 3.69. The zero-order chi connectivity index (χ0) is 14.0. The molecule has 0 saturated carbocycles. The molecule has 1 heterocycles. The highest BCUT2D eigenvalue weighted by Gasteiger charge is 2.23. The Morgan fingerprint density at radius 2 is 1.74 bits per heavy atom. The number of β-amino-alcohol motifs (C(OH)–C–C–N with tert-alkyl or cyclic N) is 1. The SMILES string of the molecule is Cc1ccc(C)c(N2CCN(CC(C)(C)O)CC2)c1. The van der Waals surface area contributed by atoms with Crippen molar-refractivity contribution < 1.29 is 5.11 Å². The second kappa shape index (κ2) is 5.51. The molecule has 0 unspecified atom stereocenters. The van der Waals surface area contributed by atoms with Crippen LogP contribution in [0.2, 0.25) is 0 Å². The van der Waals surface area contributed by atoms with Crippen LogP contribution in [-0.4, -0.2) is 48.3 Å². The molecule has 2 rings (SSSR count). The van der Waals surface area contributed by atoms with Crippen LogP contribution >= 0.6 is 0 Å². The first-order valence-corrected chi connectivity index (χ1v) is 7.12. The number of rotatable bonds is 3. The molecule has 3 heteroatoms. The normalized spacial score (nSPS) is 17.8. The second-order valence-corrected chi connectivity index (χ2v) is 6.37. The summed E-state index contributed by atoms with van der Waals surface area (Å²) in [7, 11) is 0. The molecular formula is C16H26N2O. The fourth-order valence-electron chi connectivity index (χ4n) is 2.75. The standard InChI is InChI=1S/C16H26N2O/c1-13-5-6-14(2)15(11-13)18-9-7-17(8-10-18)12-16(3,4)19/h5-6,11,19H,7-10,12H2,1-4H3. The number of hydrogen-bond donors (Lipinski definition) is 1. The number of aliphatic hydroxyl groups is 1. The minimum Gasteiger partial charge on any atom is -0.389 e. The number of benzene rings is 1. The predicted molar refractivity (Wildman–Crippen MR) is 80.9 cm³/mol. The molecule has 0 spiro atoms. The Morgan fingerprint density at radius 3 is 2.32 bits per heavy atom. The van der Waals surface area contributed by atoms with Crippen LogP contribution in [0.3, 0.4) is 0 Å². The lowest BCUT2D eigenvalue weighted by atomic mass is 10.1. The average molecular weight is 262 g/mol. The monoisotopic (exact) mass is 262 g/mol. The van der Waals surface area contributed by atoms with Gasteiger partial charge in [-0.2, -0.15) is 0 Å². The number of aryl methyl sites for hydroxylation is 2. The van der Waals surface area contributed by atoms with Crippen LogP contribution in [0.5, 0.6) is 0 Å². The van der Waals surface area contributed by atoms with Gasteiger partial charge in [-0.1, -0.05) is 12.1 Å². The second-order valence-electron chi connectivity index (χ2n) is 6.37. The highest BCUT2D eigenvalue weighted by molar-refractivity contribution is 5.55. The maximum Gasteiger partial charge on any atom is 0.0718 e. The van der Waals surface area contributed by atoms with Crippen molar-refractivity contribution in [3.05, 3.63) is 29.3 Å². The van der Waals surface area contributed by atoms with Gasteiger partial charge in [0.25, 0.3) is 0 Å². The average Bonchev–Trinajstić information content (AvgIpc) is 2.31. The summed E-state index contributed by atoms with van der Waals surface area (Å²) in [5.41, 5.74) is 3.44. The molecule has 0 aliphatic carbocycles. The van der Waals surface area contributed by atoms with Gasteiger partial charge in [-0.3, -0.25) is 4.90 Å². The van der Waals surface area contributed by atoms with Crippen molar-refractivity contribution in [2.75, 3.05) is 37.6 Å². The Bertz CT molecular complexity index is 429. The molecule has 1 N–H and O–H groups in total. The van der Waals surface area contributed by atoms with Crippen molar-refractivity contribution in [3.63, 3.8) is 0 Å². The maximum absolute atomic E-state index is 9.88. The first kappa shape index (κ1) is 14.4. The zero-order valence-corrected chi connectivity index (χ0v) is 12.6. The van der Waals surface area contributed by atoms with E-state index in [9.17, 15) is 5.11 Å². The van der Waals surface area contributed by atoms with Gasteiger partial charge in [-0.15, -0.1) is 0 Å². The van der Waals surface area contributed by atoms with Gasteiger partial charge in [0, 0.05) is 38.4 Å². The Balaban J connectivity index is 1.98. The van der Waals surface area contributed by atoms with E-state index in [4.69, 9.17) is 0 Å². The van der Waals surface area contributed by atoms with Crippen LogP contribution < -0.4 is 4.90 Å². The first-order valence-electron chi connectivity index (χ1n) is 7.12. The summed E-state index contributed by atoms with van der Waals surface area (Å²) >= 11 is 0. The van der Waals surface area contributed by atoms with Crippen molar-refractivity contribution >= 4 is 5.69 Å². The summed E-state index contributed by atoms with van der Waals surface area (Å²) in [6.07, 6.45) is 0. The molecule has 0 amide bonds. The lowest BCUT2D eigenvalue weighted by molar-refractivity contribution is 0.0345. The molecule has 1 aromatic rings. The molecule has 106 valence electrons. The van der Waals surface area contributed by atoms with E-state index in [1.165, 1.54) is 16.8 Å². The zero-order valence-electron chi connectivity index (χ0n) is 12.6. The molecule has 0 radical (unpaired) electrons. The van der Waals surface area contributed by atoms with Gasteiger partial charge in [0.2, 0.25) is 0 Å². The van der Waals surface area contributed by atoms with E-state index in [-0.39, 0.29) is 0 Å². The summed E-state index contributed by atoms with van der Waals surface area (Å²) in [5.74, 6) is 0. The van der Waals surface area contributed by atoms with Crippen molar-refractivity contribution in [2.24, 2.45) is 0 Å². The maximum atomic E-state index is 9.88. The summed E-state index contributed by atoms with van der Waals surface area (Å²) in [4.78, 5) is 4.81. The number of anilines is 1. The molecule has 3 nitrogen and oxygen atoms in total. The Hall–Kier alpha value is -1.06. The highest BCUT2D eigenvalue weighted by atomic mass is 16.3. The molecule has 1 aromatic carbocycles. The Labute approximate surface area is 116 Å². The van der Waals surface area contributed by atoms with Gasteiger partial charge in [-0.05, 0) is 44.9 Å². The molecule has 0 aromatic heterocycles. The molecule has 1 aliphatic heterocycles. The smallest absolute Gasteiger partial charge is 0.0718 e. The number of nitrogens with zero attached hydrogens (tertiary/aromatic N) is 2. The van der Waals surface area contributed by atoms with Crippen LogP contribution in [0, 0.1) is 13.8 Å². The largest absolute Gasteiger partial charge is 0.389 e. The van der Waals surface area contributed by atoms with E-state index in [2.05, 4.69) is 41.8 Å². The minimum absolute atomic E-state index is 0.596. The molecule has 19 heavy (non-hydrogen) atoms. The van der Waals surface area contributed by atoms with Crippen molar-refractivity contribution in [1.82, 2.24) is 4.90 Å². The predicted octanol–water partition coefficient (Wildman–Crippen LogP) is 2.20. The molecule has 1 saturated heterocycles. The van der Waals surface area contributed by atoms with E-state index >= 15 is 0 Å². The molecule has 0 atom stereocenters. The minimum atomic E-state index is -0.596. The number of hydrogen-bond acceptors (Lipinski definition) is 3. The molecule has 1 fully saturated rings. The van der Waals surface area contributed by atoms with Gasteiger partial charge >= 0.3 is 0 Å². The van der Waals surface area contributed by atoms with E-state index in [0.717, 1.165) is 32.7 Å². The third kappa shape index (κ3) is 3.95. The van der Waals surface area contributed by atoms with Crippen LogP contribution in [-0.2, 0) is 0 Å². The highest BCUT2D eigenvalue weighted by Crippen LogP contribution is 2.23. The van der Waals surface area contributed by atoms with Crippen molar-refractivity contribution in [2.45, 2.75) is 33.3 Å². The quantitative estimate of drug-likeness (QED) is 0.904. The molecular weight excluding hydrogens is 236 g/mol. The van der Waals surface area contributed by atoms with Gasteiger partial charge in [0.1, 0.15) is 0 Å². The van der Waals surface area contributed by atoms with Crippen molar-refractivity contribution in [3.8, 4) is 0 Å². The fraction of sp³-hybridized carbons (Fsp3) is 0.625. The van der Waals surface area contributed by atoms with E-state index < -0.39 is 5.60 Å². The van der Waals surface area contributed by atoms with Crippen LogP contribution in [0.4, 0.5) is 5.69 Å². The van der Waals surface area contributed by atoms with Gasteiger partial charge in [0.15, 0.2) is 0 Å². The lowest BCUT2D eigenvalue weighted by Crippen LogP contribution is -2.50. The van der Waals surface area contributed by atoms with Gasteiger partial charge < -0.3 is 10.0 Å². The topological polar surface area (TPSA) is 26.7 Å². The summed E-state index contributed by atoms with van der Waals surface area (Å²) in [6.45, 7) is 13.0. The molecule has 0 bridgehead atoms. The summed E-state index contributed by atoms with van der Waals surface area (Å²) < 4.78 is 0. The fourth-order valence-corrected chi connectivity index (χ4v) is 2.75. The lowest BCUT2D eigenvalue weighted by Gasteiger charge is -2.39. The Morgan fingerprint density at radius 1 is 1.11 bits per heavy atom. The van der Waals surface area contributed by atoms with Crippen LogP contribution in [0.15, 0.2) is 18.2 Å².